The van der Waals surface area contributed by atoms with Gasteiger partial charge in [0.15, 0.2) is 6.61 Å². The Bertz CT molecular complexity index is 807. The molecule has 0 unspecified atom stereocenters. The number of nitrogens with one attached hydrogen (secondary N) is 2. The number of amides is 4. The molecule has 1 heterocycles. The maximum Gasteiger partial charge on any atom is 0.326 e. The van der Waals surface area contributed by atoms with Gasteiger partial charge in [0.05, 0.1) is 0 Å². The molecule has 1 saturated carbocycles. The molecule has 8 heteroatoms. The molecule has 1 aromatic rings. The number of hydrogen-bond donors (Lipinski definition) is 2. The third-order valence-corrected chi connectivity index (χ3v) is 5.62. The number of nitrogens with zero attached hydrogens (tertiary/aromatic N) is 1. The normalized spacial score (nSPS) is 17.5. The molecule has 8 nitrogen and oxygen atoms in total. The third kappa shape index (κ3) is 4.26. The molecule has 1 aromatic carbocycles. The van der Waals surface area contributed by atoms with Gasteiger partial charge in [-0.15, -0.1) is 0 Å². The highest BCUT2D eigenvalue weighted by Crippen LogP contribution is 2.34. The molecule has 4 amide bonds. The van der Waals surface area contributed by atoms with E-state index in [-0.39, 0.29) is 5.91 Å². The van der Waals surface area contributed by atoms with Crippen molar-refractivity contribution in [3.8, 4) is 0 Å². The summed E-state index contributed by atoms with van der Waals surface area (Å²) in [4.78, 5) is 49.9. The summed E-state index contributed by atoms with van der Waals surface area (Å²) in [5.74, 6) is -1.64. The van der Waals surface area contributed by atoms with Crippen LogP contribution in [-0.2, 0) is 32.0 Å². The van der Waals surface area contributed by atoms with E-state index in [2.05, 4.69) is 10.6 Å². The van der Waals surface area contributed by atoms with Gasteiger partial charge < -0.3 is 15.4 Å². The quantitative estimate of drug-likeness (QED) is 0.538. The van der Waals surface area contributed by atoms with Gasteiger partial charge >= 0.3 is 12.0 Å². The summed E-state index contributed by atoms with van der Waals surface area (Å²) >= 11 is 0. The maximum absolute atomic E-state index is 12.6. The molecule has 0 bridgehead atoms. The van der Waals surface area contributed by atoms with Crippen LogP contribution in [0.5, 0.6) is 0 Å². The molecule has 1 aliphatic heterocycles. The first-order valence-electron chi connectivity index (χ1n) is 10.1. The Morgan fingerprint density at radius 2 is 1.76 bits per heavy atom. The predicted molar refractivity (Wildman–Crippen MR) is 106 cm³/mol. The fourth-order valence-corrected chi connectivity index (χ4v) is 4.04. The van der Waals surface area contributed by atoms with Crippen LogP contribution in [0.15, 0.2) is 18.2 Å². The molecule has 3 rings (SSSR count). The minimum atomic E-state index is -0.866. The fraction of sp³-hybridized carbons (Fsp3) is 0.524. The molecule has 156 valence electrons. The fourth-order valence-electron chi connectivity index (χ4n) is 4.04. The number of benzene rings is 1. The average molecular weight is 401 g/mol. The van der Waals surface area contributed by atoms with Crippen molar-refractivity contribution >= 4 is 29.5 Å². The molecule has 29 heavy (non-hydrogen) atoms. The smallest absolute Gasteiger partial charge is 0.326 e. The number of urea groups is 1. The second kappa shape index (κ2) is 8.63. The van der Waals surface area contributed by atoms with E-state index in [1.54, 1.807) is 0 Å². The second-order valence-electron chi connectivity index (χ2n) is 7.48. The molecular weight excluding hydrogens is 374 g/mol. The predicted octanol–water partition coefficient (Wildman–Crippen LogP) is 2.16. The summed E-state index contributed by atoms with van der Waals surface area (Å²) < 4.78 is 5.01. The van der Waals surface area contributed by atoms with Gasteiger partial charge in [-0.1, -0.05) is 44.9 Å². The van der Waals surface area contributed by atoms with Crippen molar-refractivity contribution in [1.82, 2.24) is 10.2 Å². The number of hydrogen-bond acceptors (Lipinski definition) is 5. The van der Waals surface area contributed by atoms with Crippen LogP contribution >= 0.6 is 0 Å². The highest BCUT2D eigenvalue weighted by molar-refractivity contribution is 6.09. The highest BCUT2D eigenvalue weighted by Gasteiger charge is 2.52. The molecule has 0 radical (unpaired) electrons. The van der Waals surface area contributed by atoms with E-state index in [0.29, 0.717) is 12.8 Å². The Balaban J connectivity index is 1.54. The zero-order valence-corrected chi connectivity index (χ0v) is 16.9. The van der Waals surface area contributed by atoms with Crippen molar-refractivity contribution in [2.24, 2.45) is 0 Å². The summed E-state index contributed by atoms with van der Waals surface area (Å²) in [6.07, 6.45) is 4.42. The molecule has 2 aliphatic rings. The standard InChI is InChI=1S/C21H27N3O5/c1-3-14-8-7-9-15(4-2)18(14)22-16(25)13-29-17(26)12-24-19(27)21(23-20(24)28)10-5-6-11-21/h7-9H,3-6,10-13H2,1-2H3,(H,22,25)(H,23,28). The van der Waals surface area contributed by atoms with Gasteiger partial charge in [0.2, 0.25) is 0 Å². The van der Waals surface area contributed by atoms with E-state index in [9.17, 15) is 19.2 Å². The van der Waals surface area contributed by atoms with Crippen LogP contribution in [0.1, 0.15) is 50.7 Å². The molecule has 1 spiro atoms. The van der Waals surface area contributed by atoms with Crippen LogP contribution in [0.25, 0.3) is 0 Å². The first kappa shape index (κ1) is 20.8. The SMILES string of the molecule is CCc1cccc(CC)c1NC(=O)COC(=O)CN1C(=O)NC2(CCCC2)C1=O. The number of esters is 1. The lowest BCUT2D eigenvalue weighted by molar-refractivity contribution is -0.150. The molecule has 0 aromatic heterocycles. The second-order valence-corrected chi connectivity index (χ2v) is 7.48. The van der Waals surface area contributed by atoms with Crippen LogP contribution in [0, 0.1) is 0 Å². The van der Waals surface area contributed by atoms with Crippen molar-refractivity contribution in [2.45, 2.75) is 57.9 Å². The van der Waals surface area contributed by atoms with E-state index in [1.807, 2.05) is 32.0 Å². The van der Waals surface area contributed by atoms with Crippen molar-refractivity contribution in [3.63, 3.8) is 0 Å². The molecule has 2 N–H and O–H groups in total. The number of anilines is 1. The number of imide groups is 1. The van der Waals surface area contributed by atoms with Crippen LogP contribution in [0.3, 0.4) is 0 Å². The highest BCUT2D eigenvalue weighted by atomic mass is 16.5. The first-order valence-corrected chi connectivity index (χ1v) is 10.1. The average Bonchev–Trinajstić information content (AvgIpc) is 3.27. The Labute approximate surface area is 170 Å². The van der Waals surface area contributed by atoms with Gasteiger partial charge in [-0.2, -0.15) is 0 Å². The van der Waals surface area contributed by atoms with Crippen molar-refractivity contribution in [1.29, 1.82) is 0 Å². The number of carbonyl (C=O) groups excluding carboxylic acids is 4. The minimum Gasteiger partial charge on any atom is -0.454 e. The van der Waals surface area contributed by atoms with Crippen molar-refractivity contribution in [3.05, 3.63) is 29.3 Å². The number of aryl methyl sites for hydroxylation is 2. The summed E-state index contributed by atoms with van der Waals surface area (Å²) in [5.41, 5.74) is 1.89. The lowest BCUT2D eigenvalue weighted by atomic mass is 9.98. The van der Waals surface area contributed by atoms with Crippen molar-refractivity contribution in [2.75, 3.05) is 18.5 Å². The Morgan fingerprint density at radius 1 is 1.14 bits per heavy atom. The number of rotatable bonds is 7. The topological polar surface area (TPSA) is 105 Å². The van der Waals surface area contributed by atoms with Crippen LogP contribution in [0.2, 0.25) is 0 Å². The summed E-state index contributed by atoms with van der Waals surface area (Å²) in [7, 11) is 0. The Morgan fingerprint density at radius 3 is 2.34 bits per heavy atom. The lowest BCUT2D eigenvalue weighted by Gasteiger charge is -2.19. The monoisotopic (exact) mass is 401 g/mol. The minimum absolute atomic E-state index is 0.383. The molecule has 1 saturated heterocycles. The zero-order chi connectivity index (χ0) is 21.0. The van der Waals surface area contributed by atoms with E-state index in [4.69, 9.17) is 4.74 Å². The summed E-state index contributed by atoms with van der Waals surface area (Å²) in [6, 6.07) is 5.25. The molecular formula is C21H27N3O5. The number of ether oxygens (including phenoxy) is 1. The molecule has 2 fully saturated rings. The zero-order valence-electron chi connectivity index (χ0n) is 16.9. The van der Waals surface area contributed by atoms with E-state index < -0.39 is 36.6 Å². The number of carbonyl (C=O) groups is 4. The third-order valence-electron chi connectivity index (χ3n) is 5.62. The Kier molecular flexibility index (Phi) is 6.20. The van der Waals surface area contributed by atoms with Gasteiger partial charge in [0, 0.05) is 5.69 Å². The largest absolute Gasteiger partial charge is 0.454 e. The molecule has 0 atom stereocenters. The van der Waals surface area contributed by atoms with Crippen LogP contribution < -0.4 is 10.6 Å². The van der Waals surface area contributed by atoms with Crippen molar-refractivity contribution < 1.29 is 23.9 Å². The van der Waals surface area contributed by atoms with Gasteiger partial charge in [-0.3, -0.25) is 19.3 Å². The van der Waals surface area contributed by atoms with E-state index >= 15 is 0 Å². The van der Waals surface area contributed by atoms with Gasteiger partial charge in [-0.05, 0) is 36.8 Å². The summed E-state index contributed by atoms with van der Waals surface area (Å²) in [6.45, 7) is 3.03. The molecule has 1 aliphatic carbocycles. The first-order chi connectivity index (χ1) is 13.9. The van der Waals surface area contributed by atoms with E-state index in [1.165, 1.54) is 0 Å². The van der Waals surface area contributed by atoms with Gasteiger partial charge in [0.25, 0.3) is 11.8 Å². The van der Waals surface area contributed by atoms with Crippen LogP contribution in [0.4, 0.5) is 10.5 Å². The Hall–Kier alpha value is -2.90. The lowest BCUT2D eigenvalue weighted by Crippen LogP contribution is -2.44. The van der Waals surface area contributed by atoms with Gasteiger partial charge in [-0.25, -0.2) is 4.79 Å². The summed E-state index contributed by atoms with van der Waals surface area (Å²) in [5, 5.41) is 5.52. The maximum atomic E-state index is 12.6. The number of para-hydroxylation sites is 1. The van der Waals surface area contributed by atoms with E-state index in [0.717, 1.165) is 47.4 Å². The van der Waals surface area contributed by atoms with Gasteiger partial charge in [0.1, 0.15) is 12.1 Å². The van der Waals surface area contributed by atoms with Crippen LogP contribution in [-0.4, -0.2) is 47.4 Å².